The number of nitrogens with zero attached hydrogens (tertiary/aromatic N) is 2. The first kappa shape index (κ1) is 21.2. The SMILES string of the molecule is CC(C)(C)[C@@H]1N(CC(=O)NCC(=O)O)C(=O)CN1C(=O)OCc1ccccc1. The Bertz CT molecular complexity index is 744. The largest absolute Gasteiger partial charge is 0.480 e. The second-order valence-electron chi connectivity index (χ2n) is 7.60. The van der Waals surface area contributed by atoms with Gasteiger partial charge in [0.1, 0.15) is 32.4 Å². The summed E-state index contributed by atoms with van der Waals surface area (Å²) in [5, 5.41) is 10.9. The first-order chi connectivity index (χ1) is 13.1. The molecule has 1 saturated heterocycles. The van der Waals surface area contributed by atoms with E-state index in [4.69, 9.17) is 9.84 Å². The summed E-state index contributed by atoms with van der Waals surface area (Å²) in [5.41, 5.74) is 0.268. The topological polar surface area (TPSA) is 116 Å². The smallest absolute Gasteiger partial charge is 0.412 e. The van der Waals surface area contributed by atoms with E-state index in [1.807, 2.05) is 51.1 Å². The van der Waals surface area contributed by atoms with Crippen molar-refractivity contribution in [1.29, 1.82) is 0 Å². The Balaban J connectivity index is 2.09. The molecule has 0 spiro atoms. The molecule has 1 aromatic carbocycles. The van der Waals surface area contributed by atoms with Crippen molar-refractivity contribution >= 4 is 23.9 Å². The van der Waals surface area contributed by atoms with Gasteiger partial charge < -0.3 is 20.1 Å². The third-order valence-electron chi connectivity index (χ3n) is 4.18. The molecule has 2 N–H and O–H groups in total. The van der Waals surface area contributed by atoms with Crippen molar-refractivity contribution in [3.8, 4) is 0 Å². The molecule has 0 saturated carbocycles. The zero-order chi connectivity index (χ0) is 20.9. The Kier molecular flexibility index (Phi) is 6.61. The maximum absolute atomic E-state index is 12.6. The molecule has 0 radical (unpaired) electrons. The van der Waals surface area contributed by atoms with Gasteiger partial charge in [-0.1, -0.05) is 51.1 Å². The van der Waals surface area contributed by atoms with E-state index in [1.165, 1.54) is 9.80 Å². The third-order valence-corrected chi connectivity index (χ3v) is 4.18. The van der Waals surface area contributed by atoms with E-state index in [1.54, 1.807) is 0 Å². The lowest BCUT2D eigenvalue weighted by Crippen LogP contribution is -2.53. The average Bonchev–Trinajstić information content (AvgIpc) is 2.95. The molecule has 1 aliphatic heterocycles. The zero-order valence-electron chi connectivity index (χ0n) is 16.2. The highest BCUT2D eigenvalue weighted by Gasteiger charge is 2.47. The molecular formula is C19H25N3O6. The van der Waals surface area contributed by atoms with E-state index in [-0.39, 0.29) is 19.7 Å². The summed E-state index contributed by atoms with van der Waals surface area (Å²) in [5.74, 6) is -2.19. The minimum absolute atomic E-state index is 0.0698. The number of hydrogen-bond donors (Lipinski definition) is 2. The standard InChI is InChI=1S/C19H25N3O6/c1-19(2,3)17-21(10-14(23)20-9-16(25)26)15(24)11-22(17)18(27)28-12-13-7-5-4-6-8-13/h4-8,17H,9-12H2,1-3H3,(H,20,23)(H,25,26)/t17-/m1/s1. The van der Waals surface area contributed by atoms with Crippen molar-refractivity contribution < 1.29 is 29.0 Å². The molecule has 1 aliphatic rings. The van der Waals surface area contributed by atoms with Crippen molar-refractivity contribution in [2.75, 3.05) is 19.6 Å². The van der Waals surface area contributed by atoms with Gasteiger partial charge in [0.25, 0.3) is 0 Å². The van der Waals surface area contributed by atoms with Crippen LogP contribution in [0.15, 0.2) is 30.3 Å². The number of hydrogen-bond acceptors (Lipinski definition) is 5. The first-order valence-electron chi connectivity index (χ1n) is 8.85. The summed E-state index contributed by atoms with van der Waals surface area (Å²) < 4.78 is 5.35. The maximum Gasteiger partial charge on any atom is 0.412 e. The van der Waals surface area contributed by atoms with Gasteiger partial charge in [0, 0.05) is 5.41 Å². The predicted octanol–water partition coefficient (Wildman–Crippen LogP) is 1.04. The molecule has 1 aromatic rings. The van der Waals surface area contributed by atoms with Crippen LogP contribution in [0.1, 0.15) is 26.3 Å². The number of benzene rings is 1. The van der Waals surface area contributed by atoms with Crippen molar-refractivity contribution in [1.82, 2.24) is 15.1 Å². The number of carbonyl (C=O) groups excluding carboxylic acids is 3. The van der Waals surface area contributed by atoms with Crippen LogP contribution in [0.4, 0.5) is 4.79 Å². The van der Waals surface area contributed by atoms with E-state index in [0.29, 0.717) is 0 Å². The lowest BCUT2D eigenvalue weighted by atomic mass is 9.91. The molecule has 1 atom stereocenters. The van der Waals surface area contributed by atoms with Crippen molar-refractivity contribution in [2.45, 2.75) is 33.5 Å². The molecule has 1 fully saturated rings. The fourth-order valence-corrected chi connectivity index (χ4v) is 3.09. The van der Waals surface area contributed by atoms with Crippen LogP contribution in [0.2, 0.25) is 0 Å². The molecular weight excluding hydrogens is 366 g/mol. The highest BCUT2D eigenvalue weighted by molar-refractivity contribution is 5.91. The quantitative estimate of drug-likeness (QED) is 0.748. The van der Waals surface area contributed by atoms with Crippen LogP contribution in [0.3, 0.4) is 0 Å². The van der Waals surface area contributed by atoms with E-state index in [2.05, 4.69) is 5.32 Å². The van der Waals surface area contributed by atoms with Crippen LogP contribution < -0.4 is 5.32 Å². The molecule has 2 rings (SSSR count). The van der Waals surface area contributed by atoms with Gasteiger partial charge in [-0.2, -0.15) is 0 Å². The average molecular weight is 391 g/mol. The van der Waals surface area contributed by atoms with Crippen LogP contribution in [-0.4, -0.2) is 64.6 Å². The summed E-state index contributed by atoms with van der Waals surface area (Å²) in [6.07, 6.45) is -1.34. The summed E-state index contributed by atoms with van der Waals surface area (Å²) >= 11 is 0. The van der Waals surface area contributed by atoms with E-state index >= 15 is 0 Å². The fraction of sp³-hybridized carbons (Fsp3) is 0.474. The number of ether oxygens (including phenoxy) is 1. The fourth-order valence-electron chi connectivity index (χ4n) is 3.09. The molecule has 3 amide bonds. The van der Waals surface area contributed by atoms with Crippen LogP contribution in [0, 0.1) is 5.41 Å². The van der Waals surface area contributed by atoms with Gasteiger partial charge in [-0.25, -0.2) is 4.79 Å². The summed E-state index contributed by atoms with van der Waals surface area (Å²) in [6.45, 7) is 4.52. The van der Waals surface area contributed by atoms with Crippen LogP contribution in [0.25, 0.3) is 0 Å². The minimum Gasteiger partial charge on any atom is -0.480 e. The minimum atomic E-state index is -1.18. The molecule has 0 aliphatic carbocycles. The van der Waals surface area contributed by atoms with Crippen LogP contribution >= 0.6 is 0 Å². The first-order valence-corrected chi connectivity index (χ1v) is 8.85. The molecule has 9 nitrogen and oxygen atoms in total. The van der Waals surface area contributed by atoms with Gasteiger partial charge in [0.2, 0.25) is 11.8 Å². The number of carboxylic acids is 1. The summed E-state index contributed by atoms with van der Waals surface area (Å²) in [4.78, 5) is 50.3. The number of rotatable bonds is 6. The maximum atomic E-state index is 12.6. The normalized spacial score (nSPS) is 16.8. The zero-order valence-corrected chi connectivity index (χ0v) is 16.2. The van der Waals surface area contributed by atoms with E-state index in [0.717, 1.165) is 5.56 Å². The van der Waals surface area contributed by atoms with Crippen molar-refractivity contribution in [2.24, 2.45) is 5.41 Å². The second kappa shape index (κ2) is 8.73. The number of aliphatic carboxylic acids is 1. The van der Waals surface area contributed by atoms with Gasteiger partial charge in [-0.05, 0) is 5.56 Å². The highest BCUT2D eigenvalue weighted by atomic mass is 16.6. The second-order valence-corrected chi connectivity index (χ2v) is 7.60. The highest BCUT2D eigenvalue weighted by Crippen LogP contribution is 2.32. The third kappa shape index (κ3) is 5.45. The van der Waals surface area contributed by atoms with E-state index in [9.17, 15) is 19.2 Å². The van der Waals surface area contributed by atoms with Crippen molar-refractivity contribution in [3.63, 3.8) is 0 Å². The van der Waals surface area contributed by atoms with Gasteiger partial charge in [0.15, 0.2) is 0 Å². The molecule has 0 aromatic heterocycles. The van der Waals surface area contributed by atoms with Crippen LogP contribution in [0.5, 0.6) is 0 Å². The Morgan fingerprint density at radius 1 is 1.21 bits per heavy atom. The lowest BCUT2D eigenvalue weighted by molar-refractivity contribution is -0.139. The Labute approximate surface area is 163 Å². The number of nitrogens with one attached hydrogen (secondary N) is 1. The summed E-state index contributed by atoms with van der Waals surface area (Å²) in [6, 6.07) is 9.16. The predicted molar refractivity (Wildman–Crippen MR) is 98.9 cm³/mol. The number of carboxylic acid groups (broad SMARTS) is 1. The molecule has 9 heteroatoms. The monoisotopic (exact) mass is 391 g/mol. The Hall–Kier alpha value is -3.10. The molecule has 28 heavy (non-hydrogen) atoms. The molecule has 1 heterocycles. The molecule has 0 unspecified atom stereocenters. The number of carbonyl (C=O) groups is 4. The van der Waals surface area contributed by atoms with Crippen molar-refractivity contribution in [3.05, 3.63) is 35.9 Å². The van der Waals surface area contributed by atoms with Gasteiger partial charge in [-0.15, -0.1) is 0 Å². The molecule has 0 bridgehead atoms. The number of amides is 3. The Morgan fingerprint density at radius 2 is 1.86 bits per heavy atom. The molecule has 152 valence electrons. The van der Waals surface area contributed by atoms with Gasteiger partial charge >= 0.3 is 12.1 Å². The lowest BCUT2D eigenvalue weighted by Gasteiger charge is -2.38. The van der Waals surface area contributed by atoms with Crippen LogP contribution in [-0.2, 0) is 25.7 Å². The van der Waals surface area contributed by atoms with E-state index < -0.39 is 42.0 Å². The van der Waals surface area contributed by atoms with Gasteiger partial charge in [-0.3, -0.25) is 19.3 Å². The summed E-state index contributed by atoms with van der Waals surface area (Å²) in [7, 11) is 0. The van der Waals surface area contributed by atoms with Gasteiger partial charge in [0.05, 0.1) is 0 Å². The Morgan fingerprint density at radius 3 is 2.43 bits per heavy atom.